The summed E-state index contributed by atoms with van der Waals surface area (Å²) in [5, 5.41) is 0. The molecule has 25 heavy (non-hydrogen) atoms. The minimum absolute atomic E-state index is 0.131. The van der Waals surface area contributed by atoms with E-state index < -0.39 is 17.7 Å². The lowest BCUT2D eigenvalue weighted by molar-refractivity contribution is -0.0638. The Morgan fingerprint density at radius 2 is 1.64 bits per heavy atom. The zero-order valence-electron chi connectivity index (χ0n) is 15.3. The topological polar surface area (TPSA) is 12.9 Å². The molecule has 4 heteroatoms. The molecule has 136 valence electrons. The van der Waals surface area contributed by atoms with E-state index in [0.29, 0.717) is 18.8 Å². The second-order valence-corrected chi connectivity index (χ2v) is 7.38. The molecule has 2 unspecified atom stereocenters. The molecule has 0 aliphatic heterocycles. The van der Waals surface area contributed by atoms with Crippen molar-refractivity contribution in [3.8, 4) is 0 Å². The SMILES string of the molecule is CC(CCC(C)(c1cccnc1)C(C)C)C(F)(F)c1ccc(F)cc1. The van der Waals surface area contributed by atoms with Gasteiger partial charge in [-0.2, -0.15) is 0 Å². The molecule has 0 aliphatic carbocycles. The number of rotatable bonds is 7. The van der Waals surface area contributed by atoms with Crippen LogP contribution in [-0.2, 0) is 11.3 Å². The highest BCUT2D eigenvalue weighted by Crippen LogP contribution is 2.43. The predicted octanol–water partition coefficient (Wildman–Crippen LogP) is 6.34. The Hall–Kier alpha value is -1.84. The molecule has 0 N–H and O–H groups in total. The van der Waals surface area contributed by atoms with E-state index >= 15 is 0 Å². The van der Waals surface area contributed by atoms with Gasteiger partial charge in [0.15, 0.2) is 0 Å². The van der Waals surface area contributed by atoms with Crippen molar-refractivity contribution in [1.29, 1.82) is 0 Å². The quantitative estimate of drug-likeness (QED) is 0.568. The standard InChI is InChI=1S/C21H26F3N/c1-15(2)20(4,18-6-5-13-25-14-18)12-11-16(3)21(23,24)17-7-9-19(22)10-8-17/h5-10,13-16H,11-12H2,1-4H3. The molecule has 1 aromatic carbocycles. The van der Waals surface area contributed by atoms with Gasteiger partial charge in [-0.3, -0.25) is 4.98 Å². The van der Waals surface area contributed by atoms with Crippen LogP contribution < -0.4 is 0 Å². The van der Waals surface area contributed by atoms with Gasteiger partial charge in [-0.25, -0.2) is 13.2 Å². The van der Waals surface area contributed by atoms with Gasteiger partial charge in [-0.1, -0.05) is 45.9 Å². The van der Waals surface area contributed by atoms with Gasteiger partial charge in [0.25, 0.3) is 5.92 Å². The Labute approximate surface area is 148 Å². The third-order valence-electron chi connectivity index (χ3n) is 5.54. The van der Waals surface area contributed by atoms with Crippen LogP contribution in [0.1, 0.15) is 51.7 Å². The summed E-state index contributed by atoms with van der Waals surface area (Å²) in [7, 11) is 0. The Morgan fingerprint density at radius 3 is 2.16 bits per heavy atom. The number of alkyl halides is 2. The summed E-state index contributed by atoms with van der Waals surface area (Å²) in [5.74, 6) is -4.03. The van der Waals surface area contributed by atoms with Gasteiger partial charge in [0, 0.05) is 23.9 Å². The van der Waals surface area contributed by atoms with Crippen molar-refractivity contribution in [3.63, 3.8) is 0 Å². The van der Waals surface area contributed by atoms with Crippen LogP contribution in [0.5, 0.6) is 0 Å². The second-order valence-electron chi connectivity index (χ2n) is 7.38. The number of aromatic nitrogens is 1. The van der Waals surface area contributed by atoms with Crippen molar-refractivity contribution in [1.82, 2.24) is 4.98 Å². The smallest absolute Gasteiger partial charge is 0.264 e. The molecule has 0 saturated carbocycles. The molecule has 1 nitrogen and oxygen atoms in total. The van der Waals surface area contributed by atoms with E-state index in [9.17, 15) is 13.2 Å². The van der Waals surface area contributed by atoms with Gasteiger partial charge < -0.3 is 0 Å². The minimum Gasteiger partial charge on any atom is -0.264 e. The molecule has 0 bridgehead atoms. The van der Waals surface area contributed by atoms with Crippen LogP contribution in [0.2, 0.25) is 0 Å². The number of halogens is 3. The van der Waals surface area contributed by atoms with Gasteiger partial charge in [0.1, 0.15) is 5.82 Å². The Kier molecular flexibility index (Phi) is 5.91. The number of benzene rings is 1. The molecule has 2 atom stereocenters. The largest absolute Gasteiger partial charge is 0.275 e. The average molecular weight is 349 g/mol. The van der Waals surface area contributed by atoms with Crippen LogP contribution in [0.4, 0.5) is 13.2 Å². The molecule has 0 saturated heterocycles. The summed E-state index contributed by atoms with van der Waals surface area (Å²) in [4.78, 5) is 4.18. The summed E-state index contributed by atoms with van der Waals surface area (Å²) < 4.78 is 42.5. The van der Waals surface area contributed by atoms with Crippen LogP contribution >= 0.6 is 0 Å². The van der Waals surface area contributed by atoms with Gasteiger partial charge in [-0.05, 0) is 47.9 Å². The first kappa shape index (κ1) is 19.5. The molecular formula is C21H26F3N. The van der Waals surface area contributed by atoms with E-state index in [2.05, 4.69) is 25.8 Å². The van der Waals surface area contributed by atoms with E-state index in [1.54, 1.807) is 13.1 Å². The number of pyridine rings is 1. The van der Waals surface area contributed by atoms with Crippen LogP contribution in [0, 0.1) is 17.7 Å². The van der Waals surface area contributed by atoms with Gasteiger partial charge in [0.2, 0.25) is 0 Å². The molecule has 1 aromatic heterocycles. The maximum absolute atomic E-state index is 14.7. The number of nitrogens with zero attached hydrogens (tertiary/aromatic N) is 1. The highest BCUT2D eigenvalue weighted by atomic mass is 19.3. The zero-order valence-corrected chi connectivity index (χ0v) is 15.3. The molecule has 0 aliphatic rings. The average Bonchev–Trinajstić information content (AvgIpc) is 2.60. The second kappa shape index (κ2) is 7.59. The molecular weight excluding hydrogens is 323 g/mol. The lowest BCUT2D eigenvalue weighted by Gasteiger charge is -2.36. The third kappa shape index (κ3) is 4.23. The van der Waals surface area contributed by atoms with E-state index in [-0.39, 0.29) is 11.0 Å². The minimum atomic E-state index is -2.99. The molecule has 0 spiro atoms. The fourth-order valence-electron chi connectivity index (χ4n) is 3.12. The zero-order chi connectivity index (χ0) is 18.7. The lowest BCUT2D eigenvalue weighted by atomic mass is 9.69. The van der Waals surface area contributed by atoms with Gasteiger partial charge in [-0.15, -0.1) is 0 Å². The summed E-state index contributed by atoms with van der Waals surface area (Å²) in [6.07, 6.45) is 4.54. The maximum atomic E-state index is 14.7. The fraction of sp³-hybridized carbons (Fsp3) is 0.476. The summed E-state index contributed by atoms with van der Waals surface area (Å²) in [6, 6.07) is 8.42. The molecule has 0 amide bonds. The van der Waals surface area contributed by atoms with E-state index in [1.807, 2.05) is 18.3 Å². The Bertz CT molecular complexity index is 667. The number of hydrogen-bond donors (Lipinski definition) is 0. The molecule has 0 fully saturated rings. The van der Waals surface area contributed by atoms with Crippen molar-refractivity contribution in [3.05, 3.63) is 65.7 Å². The summed E-state index contributed by atoms with van der Waals surface area (Å²) >= 11 is 0. The van der Waals surface area contributed by atoms with Crippen LogP contribution in [0.15, 0.2) is 48.8 Å². The highest BCUT2D eigenvalue weighted by molar-refractivity contribution is 5.23. The summed E-state index contributed by atoms with van der Waals surface area (Å²) in [5.41, 5.74) is 0.720. The van der Waals surface area contributed by atoms with E-state index in [0.717, 1.165) is 17.7 Å². The van der Waals surface area contributed by atoms with Crippen LogP contribution in [0.3, 0.4) is 0 Å². The van der Waals surface area contributed by atoms with Gasteiger partial charge >= 0.3 is 0 Å². The number of hydrogen-bond acceptors (Lipinski definition) is 1. The van der Waals surface area contributed by atoms with Crippen molar-refractivity contribution >= 4 is 0 Å². The van der Waals surface area contributed by atoms with Crippen molar-refractivity contribution in [2.24, 2.45) is 11.8 Å². The van der Waals surface area contributed by atoms with Crippen LogP contribution in [-0.4, -0.2) is 4.98 Å². The highest BCUT2D eigenvalue weighted by Gasteiger charge is 2.40. The van der Waals surface area contributed by atoms with E-state index in [1.165, 1.54) is 12.1 Å². The maximum Gasteiger partial charge on any atom is 0.275 e. The molecule has 1 heterocycles. The Balaban J connectivity index is 2.16. The normalized spacial score (nSPS) is 15.8. The first-order valence-corrected chi connectivity index (χ1v) is 8.72. The first-order valence-electron chi connectivity index (χ1n) is 8.72. The predicted molar refractivity (Wildman–Crippen MR) is 95.1 cm³/mol. The molecule has 0 radical (unpaired) electrons. The summed E-state index contributed by atoms with van der Waals surface area (Å²) in [6.45, 7) is 7.89. The molecule has 2 aromatic rings. The van der Waals surface area contributed by atoms with Gasteiger partial charge in [0.05, 0.1) is 0 Å². The third-order valence-corrected chi connectivity index (χ3v) is 5.54. The van der Waals surface area contributed by atoms with Crippen LogP contribution in [0.25, 0.3) is 0 Å². The van der Waals surface area contributed by atoms with E-state index in [4.69, 9.17) is 0 Å². The Morgan fingerprint density at radius 1 is 1.00 bits per heavy atom. The monoisotopic (exact) mass is 349 g/mol. The fourth-order valence-corrected chi connectivity index (χ4v) is 3.12. The lowest BCUT2D eigenvalue weighted by Crippen LogP contribution is -2.32. The van der Waals surface area contributed by atoms with Crippen molar-refractivity contribution < 1.29 is 13.2 Å². The van der Waals surface area contributed by atoms with Crippen molar-refractivity contribution in [2.75, 3.05) is 0 Å². The van der Waals surface area contributed by atoms with Crippen molar-refractivity contribution in [2.45, 2.75) is 51.9 Å². The molecule has 2 rings (SSSR count). The first-order chi connectivity index (χ1) is 11.7.